The molecule has 1 unspecified atom stereocenters. The molecular weight excluding hydrogens is 419 g/mol. The van der Waals surface area contributed by atoms with Crippen LogP contribution in [0.25, 0.3) is 0 Å². The van der Waals surface area contributed by atoms with E-state index in [1.54, 1.807) is 0 Å². The molecule has 0 amide bonds. The Hall–Kier alpha value is -0.120. The molecule has 0 radical (unpaired) electrons. The zero-order valence-corrected chi connectivity index (χ0v) is 17.7. The van der Waals surface area contributed by atoms with Gasteiger partial charge in [0.15, 0.2) is 5.96 Å². The molecule has 2 rings (SSSR count). The summed E-state index contributed by atoms with van der Waals surface area (Å²) in [6.07, 6.45) is 2.86. The van der Waals surface area contributed by atoms with Crippen molar-refractivity contribution < 1.29 is 9.84 Å². The van der Waals surface area contributed by atoms with Crippen LogP contribution in [0.15, 0.2) is 4.99 Å². The molecule has 0 aromatic carbocycles. The molecule has 0 aromatic heterocycles. The van der Waals surface area contributed by atoms with Crippen LogP contribution in [0.4, 0.5) is 0 Å². The number of aliphatic imine (C=N–C) groups is 1. The van der Waals surface area contributed by atoms with Crippen LogP contribution in [-0.2, 0) is 4.74 Å². The van der Waals surface area contributed by atoms with Crippen molar-refractivity contribution in [1.29, 1.82) is 0 Å². The molecule has 1 saturated carbocycles. The Kier molecular flexibility index (Phi) is 9.84. The van der Waals surface area contributed by atoms with E-state index in [0.29, 0.717) is 18.5 Å². The van der Waals surface area contributed by atoms with Gasteiger partial charge in [0.25, 0.3) is 0 Å². The first kappa shape index (κ1) is 21.9. The lowest BCUT2D eigenvalue weighted by Gasteiger charge is -2.37. The molecule has 0 spiro atoms. The Morgan fingerprint density at radius 2 is 1.92 bits per heavy atom. The van der Waals surface area contributed by atoms with E-state index in [-0.39, 0.29) is 24.0 Å². The predicted molar refractivity (Wildman–Crippen MR) is 109 cm³/mol. The lowest BCUT2D eigenvalue weighted by atomic mass is 9.80. The van der Waals surface area contributed by atoms with E-state index in [4.69, 9.17) is 4.74 Å². The molecule has 142 valence electrons. The number of hydrogen-bond donors (Lipinski definition) is 3. The van der Waals surface area contributed by atoms with E-state index in [1.807, 2.05) is 0 Å². The second kappa shape index (κ2) is 10.8. The third-order valence-corrected chi connectivity index (χ3v) is 4.92. The van der Waals surface area contributed by atoms with Gasteiger partial charge in [-0.3, -0.25) is 9.89 Å². The number of rotatable bonds is 7. The number of hydrogen-bond acceptors (Lipinski definition) is 4. The highest BCUT2D eigenvalue weighted by atomic mass is 127. The molecular formula is C17H35IN4O2. The number of ether oxygens (including phenoxy) is 1. The molecule has 1 aliphatic heterocycles. The van der Waals surface area contributed by atoms with Crippen LogP contribution >= 0.6 is 24.0 Å². The fraction of sp³-hybridized carbons (Fsp3) is 0.941. The van der Waals surface area contributed by atoms with Crippen molar-refractivity contribution in [2.75, 3.05) is 45.9 Å². The lowest BCUT2D eigenvalue weighted by Crippen LogP contribution is -2.53. The van der Waals surface area contributed by atoms with Crippen LogP contribution in [-0.4, -0.2) is 73.5 Å². The highest BCUT2D eigenvalue weighted by molar-refractivity contribution is 14.0. The first-order valence-electron chi connectivity index (χ1n) is 9.10. The fourth-order valence-electron chi connectivity index (χ4n) is 3.21. The van der Waals surface area contributed by atoms with E-state index >= 15 is 0 Å². The molecule has 6 nitrogen and oxygen atoms in total. The van der Waals surface area contributed by atoms with E-state index in [0.717, 1.165) is 64.6 Å². The third kappa shape index (κ3) is 6.65. The minimum atomic E-state index is -0.565. The van der Waals surface area contributed by atoms with Gasteiger partial charge >= 0.3 is 0 Å². The maximum Gasteiger partial charge on any atom is 0.191 e. The van der Waals surface area contributed by atoms with Crippen molar-refractivity contribution in [3.05, 3.63) is 0 Å². The number of nitrogens with zero attached hydrogens (tertiary/aromatic N) is 2. The van der Waals surface area contributed by atoms with Gasteiger partial charge in [-0.25, -0.2) is 0 Å². The highest BCUT2D eigenvalue weighted by Crippen LogP contribution is 2.31. The highest BCUT2D eigenvalue weighted by Gasteiger charge is 2.34. The van der Waals surface area contributed by atoms with Gasteiger partial charge in [-0.15, -0.1) is 24.0 Å². The van der Waals surface area contributed by atoms with E-state index in [1.165, 1.54) is 0 Å². The van der Waals surface area contributed by atoms with Crippen molar-refractivity contribution in [1.82, 2.24) is 15.5 Å². The van der Waals surface area contributed by atoms with Gasteiger partial charge in [0.05, 0.1) is 25.4 Å². The Balaban J connectivity index is 0.00000288. The predicted octanol–water partition coefficient (Wildman–Crippen LogP) is 1.43. The Morgan fingerprint density at radius 3 is 2.42 bits per heavy atom. The standard InChI is InChI=1S/C17H34N4O2.HI/c1-4-18-16(20-13-17(22)6-5-7-17)19-12-15(14(2)3)21-8-10-23-11-9-21;/h14-15,22H,4-13H2,1-3H3,(H2,18,19,20);1H. The quantitative estimate of drug-likeness (QED) is 0.309. The van der Waals surface area contributed by atoms with Crippen molar-refractivity contribution in [3.63, 3.8) is 0 Å². The summed E-state index contributed by atoms with van der Waals surface area (Å²) in [4.78, 5) is 7.09. The largest absolute Gasteiger partial charge is 0.388 e. The molecule has 1 heterocycles. The van der Waals surface area contributed by atoms with Gasteiger partial charge in [-0.1, -0.05) is 13.8 Å². The zero-order chi connectivity index (χ0) is 16.7. The summed E-state index contributed by atoms with van der Waals surface area (Å²) in [7, 11) is 0. The monoisotopic (exact) mass is 454 g/mol. The topological polar surface area (TPSA) is 69.1 Å². The minimum absolute atomic E-state index is 0. The summed E-state index contributed by atoms with van der Waals surface area (Å²) in [5, 5.41) is 17.0. The Labute approximate surface area is 163 Å². The zero-order valence-electron chi connectivity index (χ0n) is 15.4. The Bertz CT molecular complexity index is 383. The van der Waals surface area contributed by atoms with E-state index < -0.39 is 5.60 Å². The van der Waals surface area contributed by atoms with Crippen LogP contribution < -0.4 is 10.6 Å². The second-order valence-electron chi connectivity index (χ2n) is 7.11. The molecule has 1 aliphatic carbocycles. The van der Waals surface area contributed by atoms with Crippen molar-refractivity contribution in [2.45, 2.75) is 51.7 Å². The second-order valence-corrected chi connectivity index (χ2v) is 7.11. The van der Waals surface area contributed by atoms with Crippen LogP contribution in [0.3, 0.4) is 0 Å². The molecule has 1 atom stereocenters. The molecule has 0 bridgehead atoms. The summed E-state index contributed by atoms with van der Waals surface area (Å²) in [6, 6.07) is 0.467. The Morgan fingerprint density at radius 1 is 1.25 bits per heavy atom. The molecule has 7 heteroatoms. The molecule has 2 aliphatic rings. The number of halogens is 1. The average molecular weight is 454 g/mol. The average Bonchev–Trinajstić information content (AvgIpc) is 2.51. The summed E-state index contributed by atoms with van der Waals surface area (Å²) in [6.45, 7) is 12.4. The van der Waals surface area contributed by atoms with Crippen LogP contribution in [0.5, 0.6) is 0 Å². The number of guanidine groups is 1. The molecule has 0 aromatic rings. The minimum Gasteiger partial charge on any atom is -0.388 e. The van der Waals surface area contributed by atoms with Crippen molar-refractivity contribution in [2.24, 2.45) is 10.9 Å². The van der Waals surface area contributed by atoms with Crippen molar-refractivity contribution >= 4 is 29.9 Å². The van der Waals surface area contributed by atoms with E-state index in [2.05, 4.69) is 41.3 Å². The maximum atomic E-state index is 10.2. The normalized spacial score (nSPS) is 22.5. The van der Waals surface area contributed by atoms with Gasteiger partial charge in [0.1, 0.15) is 0 Å². The number of morpholine rings is 1. The lowest BCUT2D eigenvalue weighted by molar-refractivity contribution is -0.0236. The molecule has 24 heavy (non-hydrogen) atoms. The smallest absolute Gasteiger partial charge is 0.191 e. The van der Waals surface area contributed by atoms with Gasteiger partial charge in [-0.05, 0) is 32.1 Å². The van der Waals surface area contributed by atoms with E-state index in [9.17, 15) is 5.11 Å². The number of nitrogens with one attached hydrogen (secondary N) is 2. The first-order valence-corrected chi connectivity index (χ1v) is 9.10. The summed E-state index contributed by atoms with van der Waals surface area (Å²) < 4.78 is 5.46. The fourth-order valence-corrected chi connectivity index (χ4v) is 3.21. The molecule has 2 fully saturated rings. The summed E-state index contributed by atoms with van der Waals surface area (Å²) in [5.74, 6) is 1.38. The number of aliphatic hydroxyl groups is 1. The first-order chi connectivity index (χ1) is 11.0. The van der Waals surface area contributed by atoms with Gasteiger partial charge in [-0.2, -0.15) is 0 Å². The van der Waals surface area contributed by atoms with Crippen LogP contribution in [0.2, 0.25) is 0 Å². The van der Waals surface area contributed by atoms with Gasteiger partial charge in [0.2, 0.25) is 0 Å². The van der Waals surface area contributed by atoms with Crippen LogP contribution in [0.1, 0.15) is 40.0 Å². The summed E-state index contributed by atoms with van der Waals surface area (Å²) in [5.41, 5.74) is -0.565. The van der Waals surface area contributed by atoms with Crippen LogP contribution in [0, 0.1) is 5.92 Å². The van der Waals surface area contributed by atoms with Gasteiger partial charge < -0.3 is 20.5 Å². The maximum absolute atomic E-state index is 10.2. The van der Waals surface area contributed by atoms with Gasteiger partial charge in [0, 0.05) is 32.2 Å². The molecule has 3 N–H and O–H groups in total. The SMILES string of the molecule is CCNC(=NCC1(O)CCC1)NCC(C(C)C)N1CCOCC1.I. The molecule has 1 saturated heterocycles. The third-order valence-electron chi connectivity index (χ3n) is 4.92. The summed E-state index contributed by atoms with van der Waals surface area (Å²) >= 11 is 0. The van der Waals surface area contributed by atoms with Crippen molar-refractivity contribution in [3.8, 4) is 0 Å².